The van der Waals surface area contributed by atoms with Gasteiger partial charge in [0.2, 0.25) is 17.7 Å². The molecule has 0 aromatic heterocycles. The van der Waals surface area contributed by atoms with Crippen molar-refractivity contribution in [2.75, 3.05) is 30.4 Å². The number of likely N-dealkylation sites (tertiary alicyclic amines) is 1. The van der Waals surface area contributed by atoms with Crippen LogP contribution in [-0.4, -0.2) is 64.7 Å². The van der Waals surface area contributed by atoms with Crippen molar-refractivity contribution in [2.45, 2.75) is 70.1 Å². The lowest BCUT2D eigenvalue weighted by molar-refractivity contribution is -0.144. The van der Waals surface area contributed by atoms with Gasteiger partial charge in [-0.2, -0.15) is 0 Å². The maximum absolute atomic E-state index is 14.2. The fraction of sp³-hybridized carbons (Fsp3) is 0.516. The van der Waals surface area contributed by atoms with E-state index in [2.05, 4.69) is 10.6 Å². The number of carbonyl (C=O) groups excluding carboxylic acids is 3. The number of fused-ring (bicyclic) bond motifs is 1. The summed E-state index contributed by atoms with van der Waals surface area (Å²) in [5.74, 6) is -1.82. The topological polar surface area (TPSA) is 117 Å². The molecule has 3 aliphatic rings. The molecule has 5 atom stereocenters. The Morgan fingerprint density at radius 1 is 1.10 bits per heavy atom. The summed E-state index contributed by atoms with van der Waals surface area (Å²) in [5.41, 5.74) is -0.122. The SMILES string of the molecule is CCOc1ccc(NC(=O)[C@H]2[C@H]3C(=O)N(CCCCO)C(C(=O)Nc4c(C)cccc4Cl)C34CC[C@]2(CC)O4)cc1. The second-order valence-electron chi connectivity index (χ2n) is 11.2. The van der Waals surface area contributed by atoms with E-state index in [0.717, 1.165) is 5.56 Å². The number of anilines is 2. The zero-order valence-electron chi connectivity index (χ0n) is 23.7. The standard InChI is InChI=1S/C31H38ClN3O6/c1-4-30-15-16-31(41-30)24(23(30)27(37)33-20-11-13-21(14-12-20)40-5-2)29(39)35(17-6-7-18-36)26(31)28(38)34-25-19(3)9-8-10-22(25)32/h8-14,23-24,26,36H,4-7,15-18H2,1-3H3,(H,33,37)(H,34,38)/t23-,24+,26?,30+,31?/m1/s1. The molecule has 0 saturated carbocycles. The number of amides is 3. The zero-order valence-corrected chi connectivity index (χ0v) is 24.5. The molecule has 0 radical (unpaired) electrons. The van der Waals surface area contributed by atoms with Crippen molar-refractivity contribution in [2.24, 2.45) is 11.8 Å². The molecule has 10 heteroatoms. The average Bonchev–Trinajstić information content (AvgIpc) is 3.56. The highest BCUT2D eigenvalue weighted by Crippen LogP contribution is 2.64. The molecule has 2 aromatic carbocycles. The van der Waals surface area contributed by atoms with Gasteiger partial charge >= 0.3 is 0 Å². The van der Waals surface area contributed by atoms with Gasteiger partial charge in [0.1, 0.15) is 17.4 Å². The summed E-state index contributed by atoms with van der Waals surface area (Å²) in [6.45, 7) is 6.51. The molecule has 5 rings (SSSR count). The summed E-state index contributed by atoms with van der Waals surface area (Å²) in [6, 6.07) is 11.5. The zero-order chi connectivity index (χ0) is 29.4. The first kappa shape index (κ1) is 29.4. The lowest BCUT2D eigenvalue weighted by atomic mass is 9.65. The number of nitrogens with one attached hydrogen (secondary N) is 2. The van der Waals surface area contributed by atoms with Crippen molar-refractivity contribution >= 4 is 40.7 Å². The molecular formula is C31H38ClN3O6. The first-order valence-electron chi connectivity index (χ1n) is 14.4. The summed E-state index contributed by atoms with van der Waals surface area (Å²) in [6.07, 6.45) is 2.58. The van der Waals surface area contributed by atoms with Crippen molar-refractivity contribution in [1.29, 1.82) is 0 Å². The minimum atomic E-state index is -1.15. The molecule has 3 aliphatic heterocycles. The number of para-hydroxylation sites is 1. The Morgan fingerprint density at radius 3 is 2.51 bits per heavy atom. The van der Waals surface area contributed by atoms with E-state index in [4.69, 9.17) is 21.1 Å². The van der Waals surface area contributed by atoms with E-state index in [1.165, 1.54) is 0 Å². The number of aryl methyl sites for hydroxylation is 1. The van der Waals surface area contributed by atoms with Gasteiger partial charge < -0.3 is 30.1 Å². The first-order valence-corrected chi connectivity index (χ1v) is 14.8. The normalized spacial score (nSPS) is 28.1. The molecule has 3 heterocycles. The molecule has 3 amide bonds. The number of carbonyl (C=O) groups is 3. The first-order chi connectivity index (χ1) is 19.7. The van der Waals surface area contributed by atoms with Crippen LogP contribution in [0, 0.1) is 18.8 Å². The molecule has 1 spiro atoms. The Balaban J connectivity index is 1.49. The highest BCUT2D eigenvalue weighted by Gasteiger charge is 2.78. The number of hydrogen-bond acceptors (Lipinski definition) is 6. The maximum Gasteiger partial charge on any atom is 0.250 e. The summed E-state index contributed by atoms with van der Waals surface area (Å²) < 4.78 is 12.3. The van der Waals surface area contributed by atoms with Gasteiger partial charge in [-0.3, -0.25) is 14.4 Å². The van der Waals surface area contributed by atoms with Gasteiger partial charge in [0.05, 0.1) is 34.8 Å². The molecule has 2 aromatic rings. The summed E-state index contributed by atoms with van der Waals surface area (Å²) >= 11 is 6.43. The van der Waals surface area contributed by atoms with Crippen LogP contribution in [0.2, 0.25) is 5.02 Å². The number of benzene rings is 2. The van der Waals surface area contributed by atoms with E-state index in [1.807, 2.05) is 32.9 Å². The van der Waals surface area contributed by atoms with E-state index in [-0.39, 0.29) is 30.9 Å². The van der Waals surface area contributed by atoms with Crippen molar-refractivity contribution in [3.05, 3.63) is 53.1 Å². The number of rotatable bonds is 11. The second-order valence-corrected chi connectivity index (χ2v) is 11.6. The maximum atomic E-state index is 14.2. The number of aliphatic hydroxyl groups excluding tert-OH is 1. The molecule has 3 saturated heterocycles. The number of unbranched alkanes of at least 4 members (excludes halogenated alkanes) is 1. The molecular weight excluding hydrogens is 546 g/mol. The van der Waals surface area contributed by atoms with Crippen LogP contribution < -0.4 is 15.4 Å². The number of ether oxygens (including phenoxy) is 2. The van der Waals surface area contributed by atoms with Gasteiger partial charge in [-0.1, -0.05) is 30.7 Å². The van der Waals surface area contributed by atoms with Crippen LogP contribution in [-0.2, 0) is 19.1 Å². The minimum absolute atomic E-state index is 0.0190. The van der Waals surface area contributed by atoms with Crippen LogP contribution >= 0.6 is 11.6 Å². The number of hydrogen-bond donors (Lipinski definition) is 3. The van der Waals surface area contributed by atoms with Crippen molar-refractivity contribution in [1.82, 2.24) is 4.90 Å². The van der Waals surface area contributed by atoms with Crippen LogP contribution in [0.4, 0.5) is 11.4 Å². The predicted octanol–water partition coefficient (Wildman–Crippen LogP) is 4.55. The fourth-order valence-corrected chi connectivity index (χ4v) is 7.32. The second kappa shape index (κ2) is 11.6. The van der Waals surface area contributed by atoms with Crippen molar-refractivity contribution < 1.29 is 29.0 Å². The molecule has 2 unspecified atom stereocenters. The molecule has 2 bridgehead atoms. The third-order valence-electron chi connectivity index (χ3n) is 8.92. The molecule has 3 fully saturated rings. The quantitative estimate of drug-likeness (QED) is 0.334. The Labute approximate surface area is 245 Å². The highest BCUT2D eigenvalue weighted by atomic mass is 35.5. The fourth-order valence-electron chi connectivity index (χ4n) is 7.05. The number of nitrogens with zero attached hydrogens (tertiary/aromatic N) is 1. The van der Waals surface area contributed by atoms with Crippen LogP contribution in [0.5, 0.6) is 5.75 Å². The van der Waals surface area contributed by atoms with E-state index < -0.39 is 29.1 Å². The highest BCUT2D eigenvalue weighted by molar-refractivity contribution is 6.34. The Kier molecular flexibility index (Phi) is 8.32. The van der Waals surface area contributed by atoms with Gasteiger partial charge in [-0.25, -0.2) is 0 Å². The van der Waals surface area contributed by atoms with Crippen molar-refractivity contribution in [3.8, 4) is 5.75 Å². The Morgan fingerprint density at radius 2 is 1.85 bits per heavy atom. The monoisotopic (exact) mass is 583 g/mol. The lowest BCUT2D eigenvalue weighted by Gasteiger charge is -2.34. The molecule has 220 valence electrons. The molecule has 41 heavy (non-hydrogen) atoms. The van der Waals surface area contributed by atoms with Gasteiger partial charge in [-0.15, -0.1) is 0 Å². The summed E-state index contributed by atoms with van der Waals surface area (Å²) in [4.78, 5) is 43.8. The van der Waals surface area contributed by atoms with Gasteiger partial charge in [0, 0.05) is 18.8 Å². The number of aliphatic hydroxyl groups is 1. The molecule has 9 nitrogen and oxygen atoms in total. The van der Waals surface area contributed by atoms with Gasteiger partial charge in [0.25, 0.3) is 0 Å². The summed E-state index contributed by atoms with van der Waals surface area (Å²) in [7, 11) is 0. The van der Waals surface area contributed by atoms with Gasteiger partial charge in [0.15, 0.2) is 0 Å². The van der Waals surface area contributed by atoms with Crippen LogP contribution in [0.15, 0.2) is 42.5 Å². The van der Waals surface area contributed by atoms with Crippen LogP contribution in [0.25, 0.3) is 0 Å². The summed E-state index contributed by atoms with van der Waals surface area (Å²) in [5, 5.41) is 15.8. The Bertz CT molecular complexity index is 1300. The van der Waals surface area contributed by atoms with Crippen molar-refractivity contribution in [3.63, 3.8) is 0 Å². The van der Waals surface area contributed by atoms with E-state index >= 15 is 0 Å². The third kappa shape index (κ3) is 4.98. The average molecular weight is 584 g/mol. The third-order valence-corrected chi connectivity index (χ3v) is 9.24. The smallest absolute Gasteiger partial charge is 0.250 e. The van der Waals surface area contributed by atoms with E-state index in [1.54, 1.807) is 35.2 Å². The van der Waals surface area contributed by atoms with Crippen LogP contribution in [0.3, 0.4) is 0 Å². The Hall–Kier alpha value is -3.14. The lowest BCUT2D eigenvalue weighted by Crippen LogP contribution is -2.53. The predicted molar refractivity (Wildman–Crippen MR) is 156 cm³/mol. The van der Waals surface area contributed by atoms with E-state index in [0.29, 0.717) is 60.9 Å². The van der Waals surface area contributed by atoms with Crippen LogP contribution in [0.1, 0.15) is 51.5 Å². The minimum Gasteiger partial charge on any atom is -0.494 e. The molecule has 3 N–H and O–H groups in total. The number of halogens is 1. The largest absolute Gasteiger partial charge is 0.494 e. The van der Waals surface area contributed by atoms with E-state index in [9.17, 15) is 19.5 Å². The van der Waals surface area contributed by atoms with Gasteiger partial charge in [-0.05, 0) is 81.8 Å². The molecule has 0 aliphatic carbocycles.